The van der Waals surface area contributed by atoms with Crippen LogP contribution >= 0.6 is 0 Å². The molecule has 1 aromatic carbocycles. The van der Waals surface area contributed by atoms with Crippen LogP contribution in [0.2, 0.25) is 0 Å². The maximum atomic E-state index is 12.1. The lowest BCUT2D eigenvalue weighted by Crippen LogP contribution is -2.41. The Bertz CT molecular complexity index is 599. The number of likely N-dealkylation sites (tertiary alicyclic amines) is 1. The number of aryl methyl sites for hydroxylation is 1. The maximum Gasteiger partial charge on any atom is 0.222 e. The van der Waals surface area contributed by atoms with Gasteiger partial charge in [0.05, 0.1) is 5.75 Å². The van der Waals surface area contributed by atoms with Gasteiger partial charge in [0.25, 0.3) is 0 Å². The zero-order valence-electron chi connectivity index (χ0n) is 12.3. The molecule has 0 radical (unpaired) electrons. The molecule has 0 bridgehead atoms. The molecule has 0 spiro atoms. The highest BCUT2D eigenvalue weighted by atomic mass is 32.2. The monoisotopic (exact) mass is 310 g/mol. The van der Waals surface area contributed by atoms with Crippen LogP contribution in [0.4, 0.5) is 0 Å². The summed E-state index contributed by atoms with van der Waals surface area (Å²) in [6.45, 7) is 3.36. The topological polar surface area (TPSA) is 66.5 Å². The van der Waals surface area contributed by atoms with E-state index >= 15 is 0 Å². The van der Waals surface area contributed by atoms with Gasteiger partial charge in [-0.25, -0.2) is 13.1 Å². The minimum absolute atomic E-state index is 0.0202. The molecule has 0 unspecified atom stereocenters. The van der Waals surface area contributed by atoms with Gasteiger partial charge in [-0.15, -0.1) is 0 Å². The minimum Gasteiger partial charge on any atom is -0.341 e. The maximum absolute atomic E-state index is 12.1. The summed E-state index contributed by atoms with van der Waals surface area (Å²) in [7, 11) is -3.36. The molecule has 1 aliphatic rings. The summed E-state index contributed by atoms with van der Waals surface area (Å²) in [5.74, 6) is 0.104. The van der Waals surface area contributed by atoms with Crippen LogP contribution in [0.5, 0.6) is 0 Å². The van der Waals surface area contributed by atoms with E-state index in [1.54, 1.807) is 4.90 Å². The average molecular weight is 310 g/mol. The van der Waals surface area contributed by atoms with Crippen LogP contribution in [0, 0.1) is 6.92 Å². The second kappa shape index (κ2) is 7.04. The first kappa shape index (κ1) is 16.0. The van der Waals surface area contributed by atoms with Crippen LogP contribution in [0.1, 0.15) is 30.4 Å². The highest BCUT2D eigenvalue weighted by molar-refractivity contribution is 7.88. The molecule has 1 amide bonds. The van der Waals surface area contributed by atoms with E-state index in [0.717, 1.165) is 30.5 Å². The van der Waals surface area contributed by atoms with Gasteiger partial charge in [-0.3, -0.25) is 4.79 Å². The number of benzene rings is 1. The molecule has 0 aliphatic carbocycles. The van der Waals surface area contributed by atoms with Gasteiger partial charge in [-0.2, -0.15) is 0 Å². The molecule has 1 aliphatic heterocycles. The van der Waals surface area contributed by atoms with Crippen molar-refractivity contribution in [2.45, 2.75) is 31.9 Å². The lowest BCUT2D eigenvalue weighted by Gasteiger charge is -2.26. The third-order valence-corrected chi connectivity index (χ3v) is 5.07. The van der Waals surface area contributed by atoms with Crippen molar-refractivity contribution in [3.05, 3.63) is 35.4 Å². The fourth-order valence-electron chi connectivity index (χ4n) is 2.46. The van der Waals surface area contributed by atoms with Crippen molar-refractivity contribution in [2.75, 3.05) is 19.6 Å². The summed E-state index contributed by atoms with van der Waals surface area (Å²) in [6.07, 6.45) is 2.52. The Labute approximate surface area is 126 Å². The van der Waals surface area contributed by atoms with Crippen LogP contribution in [0.3, 0.4) is 0 Å². The summed E-state index contributed by atoms with van der Waals surface area (Å²) in [5, 5.41) is 0. The number of carbonyl (C=O) groups excluding carboxylic acids is 1. The molecular formula is C15H22N2O3S. The summed E-state index contributed by atoms with van der Waals surface area (Å²) < 4.78 is 26.7. The lowest BCUT2D eigenvalue weighted by molar-refractivity contribution is -0.133. The van der Waals surface area contributed by atoms with Gasteiger partial charge in [0.15, 0.2) is 0 Å². The smallest absolute Gasteiger partial charge is 0.222 e. The molecular weight excluding hydrogens is 288 g/mol. The lowest BCUT2D eigenvalue weighted by atomic mass is 10.1. The molecule has 1 N–H and O–H groups in total. The molecule has 6 heteroatoms. The van der Waals surface area contributed by atoms with Crippen molar-refractivity contribution in [1.29, 1.82) is 0 Å². The van der Waals surface area contributed by atoms with Crippen molar-refractivity contribution < 1.29 is 13.2 Å². The van der Waals surface area contributed by atoms with Crippen LogP contribution in [0.25, 0.3) is 0 Å². The number of sulfonamides is 1. The normalized spacial score (nSPS) is 16.2. The molecule has 0 atom stereocenters. The molecule has 1 heterocycles. The zero-order chi connectivity index (χ0) is 15.3. The number of rotatable bonds is 6. The van der Waals surface area contributed by atoms with Crippen molar-refractivity contribution in [3.8, 4) is 0 Å². The van der Waals surface area contributed by atoms with Crippen LogP contribution in [0.15, 0.2) is 24.3 Å². The van der Waals surface area contributed by atoms with Crippen LogP contribution < -0.4 is 4.72 Å². The van der Waals surface area contributed by atoms with Crippen molar-refractivity contribution in [1.82, 2.24) is 9.62 Å². The molecule has 21 heavy (non-hydrogen) atoms. The Morgan fingerprint density at radius 2 is 2.00 bits per heavy atom. The second-order valence-electron chi connectivity index (χ2n) is 5.42. The number of nitrogens with one attached hydrogen (secondary N) is 1. The number of carbonyl (C=O) groups is 1. The first-order valence-corrected chi connectivity index (χ1v) is 8.93. The predicted octanol–water partition coefficient (Wildman–Crippen LogP) is 1.43. The molecule has 1 aromatic rings. The predicted molar refractivity (Wildman–Crippen MR) is 82.2 cm³/mol. The van der Waals surface area contributed by atoms with Gasteiger partial charge in [-0.05, 0) is 30.9 Å². The Hall–Kier alpha value is -1.40. The van der Waals surface area contributed by atoms with Crippen LogP contribution in [-0.4, -0.2) is 38.9 Å². The second-order valence-corrected chi connectivity index (χ2v) is 7.22. The number of nitrogens with zero attached hydrogens (tertiary/aromatic N) is 1. The van der Waals surface area contributed by atoms with E-state index in [4.69, 9.17) is 0 Å². The number of hydrogen-bond acceptors (Lipinski definition) is 3. The molecule has 2 rings (SSSR count). The van der Waals surface area contributed by atoms with Gasteiger partial charge in [0.1, 0.15) is 0 Å². The number of amides is 1. The van der Waals surface area contributed by atoms with E-state index in [0.29, 0.717) is 13.0 Å². The third-order valence-electron chi connectivity index (χ3n) is 3.73. The SMILES string of the molecule is Cc1ccccc1CS(=O)(=O)NCCN1CCCCC1=O. The Morgan fingerprint density at radius 1 is 1.24 bits per heavy atom. The Kier molecular flexibility index (Phi) is 5.36. The molecule has 1 fully saturated rings. The summed E-state index contributed by atoms with van der Waals surface area (Å²) in [4.78, 5) is 13.4. The van der Waals surface area contributed by atoms with E-state index in [1.807, 2.05) is 31.2 Å². The largest absolute Gasteiger partial charge is 0.341 e. The molecule has 5 nitrogen and oxygen atoms in total. The fraction of sp³-hybridized carbons (Fsp3) is 0.533. The van der Waals surface area contributed by atoms with Gasteiger partial charge in [0.2, 0.25) is 15.9 Å². The Morgan fingerprint density at radius 3 is 2.71 bits per heavy atom. The standard InChI is InChI=1S/C15H22N2O3S/c1-13-6-2-3-7-14(13)12-21(19,20)16-9-11-17-10-5-4-8-15(17)18/h2-3,6-7,16H,4-5,8-12H2,1H3. The van der Waals surface area contributed by atoms with E-state index < -0.39 is 10.0 Å². The fourth-order valence-corrected chi connectivity index (χ4v) is 3.70. The average Bonchev–Trinajstić information content (AvgIpc) is 2.43. The van der Waals surface area contributed by atoms with Crippen LogP contribution in [-0.2, 0) is 20.6 Å². The molecule has 0 saturated carbocycles. The van der Waals surface area contributed by atoms with Gasteiger partial charge in [0, 0.05) is 26.1 Å². The van der Waals surface area contributed by atoms with E-state index in [1.165, 1.54) is 0 Å². The highest BCUT2D eigenvalue weighted by Gasteiger charge is 2.18. The quantitative estimate of drug-likeness (QED) is 0.864. The van der Waals surface area contributed by atoms with Gasteiger partial charge < -0.3 is 4.90 Å². The summed E-state index contributed by atoms with van der Waals surface area (Å²) in [5.41, 5.74) is 1.77. The first-order chi connectivity index (χ1) is 9.98. The molecule has 1 saturated heterocycles. The molecule has 0 aromatic heterocycles. The van der Waals surface area contributed by atoms with E-state index in [2.05, 4.69) is 4.72 Å². The zero-order valence-corrected chi connectivity index (χ0v) is 13.2. The van der Waals surface area contributed by atoms with Crippen molar-refractivity contribution >= 4 is 15.9 Å². The molecule has 116 valence electrons. The Balaban J connectivity index is 1.84. The van der Waals surface area contributed by atoms with Gasteiger partial charge >= 0.3 is 0 Å². The van der Waals surface area contributed by atoms with E-state index in [-0.39, 0.29) is 18.2 Å². The third kappa shape index (κ3) is 4.82. The number of piperidine rings is 1. The summed E-state index contributed by atoms with van der Waals surface area (Å²) in [6, 6.07) is 7.45. The van der Waals surface area contributed by atoms with Gasteiger partial charge in [-0.1, -0.05) is 24.3 Å². The van der Waals surface area contributed by atoms with Crippen molar-refractivity contribution in [2.24, 2.45) is 0 Å². The van der Waals surface area contributed by atoms with E-state index in [9.17, 15) is 13.2 Å². The highest BCUT2D eigenvalue weighted by Crippen LogP contribution is 2.11. The summed E-state index contributed by atoms with van der Waals surface area (Å²) >= 11 is 0. The number of hydrogen-bond donors (Lipinski definition) is 1. The first-order valence-electron chi connectivity index (χ1n) is 7.27. The van der Waals surface area contributed by atoms with Crippen molar-refractivity contribution in [3.63, 3.8) is 0 Å². The minimum atomic E-state index is -3.36.